The summed E-state index contributed by atoms with van der Waals surface area (Å²) in [5, 5.41) is 2.74. The Kier molecular flexibility index (Phi) is 4.13. The van der Waals surface area contributed by atoms with Gasteiger partial charge in [-0.2, -0.15) is 0 Å². The monoisotopic (exact) mass is 192 g/mol. The van der Waals surface area contributed by atoms with Gasteiger partial charge in [-0.05, 0) is 18.1 Å². The van der Waals surface area contributed by atoms with Gasteiger partial charge in [0.2, 0.25) is 5.91 Å². The summed E-state index contributed by atoms with van der Waals surface area (Å²) in [6.45, 7) is 3.04. The van der Waals surface area contributed by atoms with Crippen molar-refractivity contribution in [1.82, 2.24) is 5.32 Å². The van der Waals surface area contributed by atoms with Crippen molar-refractivity contribution in [2.24, 2.45) is 5.73 Å². The van der Waals surface area contributed by atoms with Gasteiger partial charge >= 0.3 is 0 Å². The molecule has 0 saturated carbocycles. The summed E-state index contributed by atoms with van der Waals surface area (Å²) < 4.78 is 0. The van der Waals surface area contributed by atoms with Crippen molar-refractivity contribution in [2.45, 2.75) is 13.3 Å². The Morgan fingerprint density at radius 1 is 1.43 bits per heavy atom. The van der Waals surface area contributed by atoms with Crippen molar-refractivity contribution >= 4 is 5.91 Å². The first-order chi connectivity index (χ1) is 6.74. The van der Waals surface area contributed by atoms with E-state index in [1.165, 1.54) is 0 Å². The molecule has 0 radical (unpaired) electrons. The molecule has 3 heteroatoms. The summed E-state index contributed by atoms with van der Waals surface area (Å²) in [4.78, 5) is 11.4. The Morgan fingerprint density at radius 2 is 2.14 bits per heavy atom. The topological polar surface area (TPSA) is 55.1 Å². The lowest BCUT2D eigenvalue weighted by molar-refractivity contribution is -0.120. The average Bonchev–Trinajstić information content (AvgIpc) is 2.18. The van der Waals surface area contributed by atoms with Crippen molar-refractivity contribution in [3.05, 3.63) is 35.4 Å². The van der Waals surface area contributed by atoms with Gasteiger partial charge in [0.25, 0.3) is 0 Å². The van der Waals surface area contributed by atoms with Crippen LogP contribution in [0.15, 0.2) is 24.3 Å². The van der Waals surface area contributed by atoms with Crippen LogP contribution in [-0.2, 0) is 11.2 Å². The van der Waals surface area contributed by atoms with E-state index in [0.29, 0.717) is 19.5 Å². The van der Waals surface area contributed by atoms with Gasteiger partial charge in [-0.1, -0.05) is 24.3 Å². The number of hydrogen-bond acceptors (Lipinski definition) is 2. The molecule has 0 atom stereocenters. The molecule has 0 fully saturated rings. The summed E-state index contributed by atoms with van der Waals surface area (Å²) in [6, 6.07) is 7.89. The molecule has 14 heavy (non-hydrogen) atoms. The molecular formula is C11H16N2O. The van der Waals surface area contributed by atoms with Crippen LogP contribution in [0.3, 0.4) is 0 Å². The second kappa shape index (κ2) is 5.40. The lowest BCUT2D eigenvalue weighted by Crippen LogP contribution is -2.30. The smallest absolute Gasteiger partial charge is 0.224 e. The standard InChI is InChI=1S/C11H16N2O/c1-9-4-2-3-5-10(9)8-11(14)13-7-6-12/h2-5H,6-8,12H2,1H3,(H,13,14). The number of rotatable bonds is 4. The summed E-state index contributed by atoms with van der Waals surface area (Å²) in [5.74, 6) is 0.0322. The molecule has 0 aliphatic heterocycles. The Bertz CT molecular complexity index is 310. The first-order valence-corrected chi connectivity index (χ1v) is 4.75. The van der Waals surface area contributed by atoms with Crippen LogP contribution in [0.4, 0.5) is 0 Å². The van der Waals surface area contributed by atoms with E-state index < -0.39 is 0 Å². The highest BCUT2D eigenvalue weighted by atomic mass is 16.1. The van der Waals surface area contributed by atoms with Crippen molar-refractivity contribution in [1.29, 1.82) is 0 Å². The van der Waals surface area contributed by atoms with E-state index in [4.69, 9.17) is 5.73 Å². The van der Waals surface area contributed by atoms with Gasteiger partial charge in [0.05, 0.1) is 6.42 Å². The number of hydrogen-bond donors (Lipinski definition) is 2. The molecule has 3 nitrogen and oxygen atoms in total. The van der Waals surface area contributed by atoms with Crippen LogP contribution >= 0.6 is 0 Å². The van der Waals surface area contributed by atoms with Gasteiger partial charge in [-0.15, -0.1) is 0 Å². The Hall–Kier alpha value is -1.35. The maximum atomic E-state index is 11.4. The van der Waals surface area contributed by atoms with Gasteiger partial charge < -0.3 is 11.1 Å². The quantitative estimate of drug-likeness (QED) is 0.734. The average molecular weight is 192 g/mol. The molecule has 0 bridgehead atoms. The SMILES string of the molecule is Cc1ccccc1CC(=O)NCCN. The first-order valence-electron chi connectivity index (χ1n) is 4.75. The van der Waals surface area contributed by atoms with Crippen LogP contribution in [0, 0.1) is 6.92 Å². The van der Waals surface area contributed by atoms with Crippen molar-refractivity contribution < 1.29 is 4.79 Å². The second-order valence-electron chi connectivity index (χ2n) is 3.24. The highest BCUT2D eigenvalue weighted by Crippen LogP contribution is 2.07. The van der Waals surface area contributed by atoms with Gasteiger partial charge in [0.15, 0.2) is 0 Å². The minimum Gasteiger partial charge on any atom is -0.355 e. The molecule has 0 aliphatic carbocycles. The highest BCUT2D eigenvalue weighted by Gasteiger charge is 2.03. The van der Waals surface area contributed by atoms with E-state index in [1.807, 2.05) is 31.2 Å². The molecule has 0 heterocycles. The predicted molar refractivity (Wildman–Crippen MR) is 56.9 cm³/mol. The fourth-order valence-electron chi connectivity index (χ4n) is 1.26. The van der Waals surface area contributed by atoms with E-state index >= 15 is 0 Å². The molecule has 1 aromatic carbocycles. The predicted octanol–water partition coefficient (Wildman–Crippen LogP) is 0.612. The number of carbonyl (C=O) groups is 1. The molecular weight excluding hydrogens is 176 g/mol. The molecule has 1 aromatic rings. The van der Waals surface area contributed by atoms with Crippen LogP contribution in [0.1, 0.15) is 11.1 Å². The number of nitrogens with two attached hydrogens (primary N) is 1. The van der Waals surface area contributed by atoms with E-state index in [2.05, 4.69) is 5.32 Å². The van der Waals surface area contributed by atoms with Crippen LogP contribution in [0.2, 0.25) is 0 Å². The van der Waals surface area contributed by atoms with Gasteiger partial charge in [0.1, 0.15) is 0 Å². The minimum absolute atomic E-state index is 0.0322. The Balaban J connectivity index is 2.52. The molecule has 76 valence electrons. The lowest BCUT2D eigenvalue weighted by Gasteiger charge is -2.05. The summed E-state index contributed by atoms with van der Waals surface area (Å²) in [6.07, 6.45) is 0.437. The van der Waals surface area contributed by atoms with Crippen LogP contribution in [-0.4, -0.2) is 19.0 Å². The summed E-state index contributed by atoms with van der Waals surface area (Å²) in [7, 11) is 0. The van der Waals surface area contributed by atoms with E-state index in [1.54, 1.807) is 0 Å². The highest BCUT2D eigenvalue weighted by molar-refractivity contribution is 5.78. The van der Waals surface area contributed by atoms with Gasteiger partial charge in [-0.3, -0.25) is 4.79 Å². The third-order valence-electron chi connectivity index (χ3n) is 2.08. The minimum atomic E-state index is 0.0322. The van der Waals surface area contributed by atoms with Crippen molar-refractivity contribution in [3.63, 3.8) is 0 Å². The number of nitrogens with one attached hydrogen (secondary N) is 1. The molecule has 0 aliphatic rings. The normalized spacial score (nSPS) is 9.86. The zero-order chi connectivity index (χ0) is 10.4. The van der Waals surface area contributed by atoms with E-state index in [-0.39, 0.29) is 5.91 Å². The molecule has 0 unspecified atom stereocenters. The third-order valence-corrected chi connectivity index (χ3v) is 2.08. The number of carbonyl (C=O) groups excluding carboxylic acids is 1. The fraction of sp³-hybridized carbons (Fsp3) is 0.364. The molecule has 1 rings (SSSR count). The first kappa shape index (κ1) is 10.7. The van der Waals surface area contributed by atoms with Crippen LogP contribution < -0.4 is 11.1 Å². The zero-order valence-corrected chi connectivity index (χ0v) is 8.42. The van der Waals surface area contributed by atoms with Crippen LogP contribution in [0.25, 0.3) is 0 Å². The van der Waals surface area contributed by atoms with Crippen LogP contribution in [0.5, 0.6) is 0 Å². The van der Waals surface area contributed by atoms with Crippen molar-refractivity contribution in [2.75, 3.05) is 13.1 Å². The number of amides is 1. The second-order valence-corrected chi connectivity index (χ2v) is 3.24. The summed E-state index contributed by atoms with van der Waals surface area (Å²) in [5.41, 5.74) is 7.51. The van der Waals surface area contributed by atoms with Gasteiger partial charge in [-0.25, -0.2) is 0 Å². The summed E-state index contributed by atoms with van der Waals surface area (Å²) >= 11 is 0. The number of benzene rings is 1. The van der Waals surface area contributed by atoms with Gasteiger partial charge in [0, 0.05) is 13.1 Å². The molecule has 1 amide bonds. The molecule has 0 spiro atoms. The number of aryl methyl sites for hydroxylation is 1. The fourth-order valence-corrected chi connectivity index (χ4v) is 1.26. The maximum Gasteiger partial charge on any atom is 0.224 e. The van der Waals surface area contributed by atoms with E-state index in [0.717, 1.165) is 11.1 Å². The maximum absolute atomic E-state index is 11.4. The Labute approximate surface area is 84.3 Å². The largest absolute Gasteiger partial charge is 0.355 e. The Morgan fingerprint density at radius 3 is 2.79 bits per heavy atom. The molecule has 0 saturated heterocycles. The third kappa shape index (κ3) is 3.18. The molecule has 0 aromatic heterocycles. The zero-order valence-electron chi connectivity index (χ0n) is 8.42. The lowest BCUT2D eigenvalue weighted by atomic mass is 10.1. The van der Waals surface area contributed by atoms with Crippen molar-refractivity contribution in [3.8, 4) is 0 Å². The van der Waals surface area contributed by atoms with E-state index in [9.17, 15) is 4.79 Å². The molecule has 3 N–H and O–H groups in total.